The van der Waals surface area contributed by atoms with Crippen molar-refractivity contribution in [1.82, 2.24) is 9.78 Å². The first-order chi connectivity index (χ1) is 9.19. The summed E-state index contributed by atoms with van der Waals surface area (Å²) in [4.78, 5) is 0. The van der Waals surface area contributed by atoms with Gasteiger partial charge in [0.1, 0.15) is 5.75 Å². The van der Waals surface area contributed by atoms with Crippen molar-refractivity contribution in [1.29, 1.82) is 0 Å². The number of aromatic nitrogens is 2. The van der Waals surface area contributed by atoms with E-state index >= 15 is 0 Å². The molecule has 0 radical (unpaired) electrons. The Morgan fingerprint density at radius 1 is 1.37 bits per heavy atom. The second kappa shape index (κ2) is 6.21. The number of hydrogen-bond acceptors (Lipinski definition) is 3. The monoisotopic (exact) mass is 324 g/mol. The summed E-state index contributed by atoms with van der Waals surface area (Å²) >= 11 is 3.42. The van der Waals surface area contributed by atoms with Crippen LogP contribution in [0.2, 0.25) is 0 Å². The van der Waals surface area contributed by atoms with Gasteiger partial charge in [-0.05, 0) is 31.5 Å². The van der Waals surface area contributed by atoms with E-state index in [1.165, 1.54) is 0 Å². The van der Waals surface area contributed by atoms with Crippen LogP contribution in [-0.4, -0.2) is 14.9 Å². The molecule has 1 aromatic heterocycles. The van der Waals surface area contributed by atoms with Gasteiger partial charge >= 0.3 is 0 Å². The molecule has 0 unspecified atom stereocenters. The second-order valence-electron chi connectivity index (χ2n) is 4.12. The zero-order valence-corrected chi connectivity index (χ0v) is 12.6. The molecule has 2 aromatic rings. The number of hydrogen-bond donors (Lipinski definition) is 1. The molecule has 102 valence electrons. The number of benzene rings is 1. The minimum Gasteiger partial charge on any atom is -0.439 e. The summed E-state index contributed by atoms with van der Waals surface area (Å²) in [5.74, 6) is 1.47. The quantitative estimate of drug-likeness (QED) is 0.915. The number of aliphatic hydroxyl groups excluding tert-OH is 1. The molecule has 0 aliphatic rings. The van der Waals surface area contributed by atoms with Crippen molar-refractivity contribution in [2.24, 2.45) is 0 Å². The van der Waals surface area contributed by atoms with Gasteiger partial charge in [0.15, 0.2) is 0 Å². The first kappa shape index (κ1) is 14.1. The molecule has 1 aromatic carbocycles. The van der Waals surface area contributed by atoms with Crippen LogP contribution in [0.25, 0.3) is 0 Å². The summed E-state index contributed by atoms with van der Waals surface area (Å²) in [6, 6.07) is 7.68. The van der Waals surface area contributed by atoms with Crippen LogP contribution in [0, 0.1) is 0 Å². The third kappa shape index (κ3) is 2.98. The van der Waals surface area contributed by atoms with Crippen LogP contribution in [0.4, 0.5) is 0 Å². The van der Waals surface area contributed by atoms with Crippen molar-refractivity contribution < 1.29 is 9.84 Å². The lowest BCUT2D eigenvalue weighted by atomic mass is 10.2. The summed E-state index contributed by atoms with van der Waals surface area (Å²) < 4.78 is 8.69. The maximum atomic E-state index is 9.35. The van der Waals surface area contributed by atoms with Crippen molar-refractivity contribution in [2.75, 3.05) is 0 Å². The Morgan fingerprint density at radius 3 is 2.74 bits per heavy atom. The molecule has 1 heterocycles. The first-order valence-corrected chi connectivity index (χ1v) is 7.11. The molecule has 0 saturated carbocycles. The van der Waals surface area contributed by atoms with E-state index in [-0.39, 0.29) is 6.61 Å². The standard InChI is InChI=1S/C14H17BrN2O2/c1-3-12-13(9-18)16-17(4-2)14(12)19-11-7-5-6-10(15)8-11/h5-8,18H,3-4,9H2,1-2H3. The Labute approximate surface area is 121 Å². The summed E-state index contributed by atoms with van der Waals surface area (Å²) in [7, 11) is 0. The smallest absolute Gasteiger partial charge is 0.221 e. The van der Waals surface area contributed by atoms with Crippen LogP contribution < -0.4 is 4.74 Å². The first-order valence-electron chi connectivity index (χ1n) is 6.32. The largest absolute Gasteiger partial charge is 0.439 e. The Morgan fingerprint density at radius 2 is 2.16 bits per heavy atom. The molecule has 0 saturated heterocycles. The van der Waals surface area contributed by atoms with Gasteiger partial charge in [-0.1, -0.05) is 28.9 Å². The summed E-state index contributed by atoms with van der Waals surface area (Å²) in [6.45, 7) is 4.67. The molecular weight excluding hydrogens is 308 g/mol. The van der Waals surface area contributed by atoms with Crippen molar-refractivity contribution in [3.8, 4) is 11.6 Å². The molecule has 0 bridgehead atoms. The number of halogens is 1. The van der Waals surface area contributed by atoms with Gasteiger partial charge in [-0.25, -0.2) is 4.68 Å². The number of aliphatic hydroxyl groups is 1. The molecule has 1 N–H and O–H groups in total. The minimum atomic E-state index is -0.0645. The number of rotatable bonds is 5. The zero-order chi connectivity index (χ0) is 13.8. The van der Waals surface area contributed by atoms with E-state index in [2.05, 4.69) is 21.0 Å². The van der Waals surface area contributed by atoms with E-state index in [1.807, 2.05) is 38.1 Å². The lowest BCUT2D eigenvalue weighted by Gasteiger charge is -2.09. The number of ether oxygens (including phenoxy) is 1. The van der Waals surface area contributed by atoms with Crippen LogP contribution in [0.3, 0.4) is 0 Å². The maximum absolute atomic E-state index is 9.35. The Balaban J connectivity index is 2.40. The molecule has 4 nitrogen and oxygen atoms in total. The van der Waals surface area contributed by atoms with Crippen LogP contribution in [0.1, 0.15) is 25.1 Å². The maximum Gasteiger partial charge on any atom is 0.221 e. The Kier molecular flexibility index (Phi) is 4.61. The lowest BCUT2D eigenvalue weighted by Crippen LogP contribution is -2.00. The highest BCUT2D eigenvalue weighted by Gasteiger charge is 2.17. The van der Waals surface area contributed by atoms with Crippen molar-refractivity contribution in [2.45, 2.75) is 33.4 Å². The molecular formula is C14H17BrN2O2. The third-order valence-electron chi connectivity index (χ3n) is 2.90. The van der Waals surface area contributed by atoms with E-state index in [9.17, 15) is 5.11 Å². The average molecular weight is 325 g/mol. The third-order valence-corrected chi connectivity index (χ3v) is 3.39. The molecule has 0 spiro atoms. The van der Waals surface area contributed by atoms with Gasteiger partial charge in [0.05, 0.1) is 12.3 Å². The molecule has 0 atom stereocenters. The minimum absolute atomic E-state index is 0.0645. The number of aryl methyl sites for hydroxylation is 1. The van der Waals surface area contributed by atoms with Gasteiger partial charge in [-0.2, -0.15) is 5.10 Å². The van der Waals surface area contributed by atoms with Gasteiger partial charge in [-0.3, -0.25) is 0 Å². The highest BCUT2D eigenvalue weighted by atomic mass is 79.9. The van der Waals surface area contributed by atoms with E-state index in [0.29, 0.717) is 18.1 Å². The van der Waals surface area contributed by atoms with Crippen molar-refractivity contribution in [3.05, 3.63) is 40.0 Å². The second-order valence-corrected chi connectivity index (χ2v) is 5.03. The van der Waals surface area contributed by atoms with Crippen LogP contribution in [-0.2, 0) is 19.6 Å². The van der Waals surface area contributed by atoms with Crippen molar-refractivity contribution >= 4 is 15.9 Å². The summed E-state index contributed by atoms with van der Waals surface area (Å²) in [6.07, 6.45) is 0.777. The van der Waals surface area contributed by atoms with Gasteiger partial charge < -0.3 is 9.84 Å². The predicted molar refractivity (Wildman–Crippen MR) is 77.4 cm³/mol. The van der Waals surface area contributed by atoms with Gasteiger partial charge in [0.25, 0.3) is 0 Å². The normalized spacial score (nSPS) is 10.7. The van der Waals surface area contributed by atoms with Crippen LogP contribution in [0.5, 0.6) is 11.6 Å². The molecule has 0 aliphatic heterocycles. The molecule has 5 heteroatoms. The van der Waals surface area contributed by atoms with E-state index in [4.69, 9.17) is 4.74 Å². The van der Waals surface area contributed by atoms with Gasteiger partial charge in [0.2, 0.25) is 5.88 Å². The molecule has 0 aliphatic carbocycles. The van der Waals surface area contributed by atoms with Crippen molar-refractivity contribution in [3.63, 3.8) is 0 Å². The average Bonchev–Trinajstić information content (AvgIpc) is 2.75. The van der Waals surface area contributed by atoms with E-state index < -0.39 is 0 Å². The van der Waals surface area contributed by atoms with Crippen LogP contribution >= 0.6 is 15.9 Å². The van der Waals surface area contributed by atoms with Crippen LogP contribution in [0.15, 0.2) is 28.7 Å². The highest BCUT2D eigenvalue weighted by Crippen LogP contribution is 2.30. The Hall–Kier alpha value is -1.33. The fourth-order valence-electron chi connectivity index (χ4n) is 1.98. The fraction of sp³-hybridized carbons (Fsp3) is 0.357. The SMILES string of the molecule is CCc1c(CO)nn(CC)c1Oc1cccc(Br)c1. The number of nitrogens with zero attached hydrogens (tertiary/aromatic N) is 2. The highest BCUT2D eigenvalue weighted by molar-refractivity contribution is 9.10. The Bertz CT molecular complexity index is 567. The molecule has 0 fully saturated rings. The molecule has 0 amide bonds. The summed E-state index contributed by atoms with van der Waals surface area (Å²) in [5, 5.41) is 13.7. The van der Waals surface area contributed by atoms with Gasteiger partial charge in [0, 0.05) is 16.6 Å². The topological polar surface area (TPSA) is 47.3 Å². The zero-order valence-electron chi connectivity index (χ0n) is 11.1. The summed E-state index contributed by atoms with van der Waals surface area (Å²) in [5.41, 5.74) is 1.65. The van der Waals surface area contributed by atoms with E-state index in [0.717, 1.165) is 22.2 Å². The van der Waals surface area contributed by atoms with Gasteiger partial charge in [-0.15, -0.1) is 0 Å². The predicted octanol–water partition coefficient (Wildman–Crippen LogP) is 3.51. The molecule has 2 rings (SSSR count). The fourth-order valence-corrected chi connectivity index (χ4v) is 2.36. The molecule has 19 heavy (non-hydrogen) atoms. The van der Waals surface area contributed by atoms with E-state index in [1.54, 1.807) is 4.68 Å². The lowest BCUT2D eigenvalue weighted by molar-refractivity contribution is 0.274.